The lowest BCUT2D eigenvalue weighted by molar-refractivity contribution is 0.153. The van der Waals surface area contributed by atoms with Crippen molar-refractivity contribution in [3.63, 3.8) is 0 Å². The van der Waals surface area contributed by atoms with Gasteiger partial charge in [0.15, 0.2) is 0 Å². The topological polar surface area (TPSA) is 3.24 Å². The number of nitrogens with zero attached hydrogens (tertiary/aromatic N) is 1. The molecule has 2 rings (SSSR count). The molecule has 1 aliphatic rings. The summed E-state index contributed by atoms with van der Waals surface area (Å²) in [4.78, 5) is 2.49. The Hall–Kier alpha value is -0.820. The molecule has 16 heavy (non-hydrogen) atoms. The lowest BCUT2D eigenvalue weighted by Crippen LogP contribution is -2.38. The van der Waals surface area contributed by atoms with E-state index in [4.69, 9.17) is 0 Å². The Labute approximate surface area is 99.5 Å². The number of hydrogen-bond donors (Lipinski definition) is 0. The molecule has 0 amide bonds. The first kappa shape index (κ1) is 11.7. The predicted molar refractivity (Wildman–Crippen MR) is 69.6 cm³/mol. The van der Waals surface area contributed by atoms with Gasteiger partial charge in [-0.1, -0.05) is 44.2 Å². The van der Waals surface area contributed by atoms with Crippen LogP contribution in [0.25, 0.3) is 0 Å². The van der Waals surface area contributed by atoms with Gasteiger partial charge in [0, 0.05) is 13.1 Å². The van der Waals surface area contributed by atoms with Crippen molar-refractivity contribution < 1.29 is 0 Å². The minimum Gasteiger partial charge on any atom is -0.305 e. The van der Waals surface area contributed by atoms with Crippen LogP contribution in [0.4, 0.5) is 0 Å². The second-order valence-corrected chi connectivity index (χ2v) is 5.57. The predicted octanol–water partition coefficient (Wildman–Crippen LogP) is 3.38. The van der Waals surface area contributed by atoms with Crippen molar-refractivity contribution in [1.82, 2.24) is 4.90 Å². The Balaban J connectivity index is 2.11. The number of piperidine rings is 1. The zero-order valence-electron chi connectivity index (χ0n) is 10.7. The molecule has 1 nitrogen and oxygen atoms in total. The molecule has 2 atom stereocenters. The molecule has 0 radical (unpaired) electrons. The molecule has 1 aromatic rings. The third kappa shape index (κ3) is 2.65. The minimum absolute atomic E-state index is 0.729. The highest BCUT2D eigenvalue weighted by Gasteiger charge is 2.27. The summed E-state index contributed by atoms with van der Waals surface area (Å²) in [5, 5.41) is 0. The molecule has 0 N–H and O–H groups in total. The van der Waals surface area contributed by atoms with Gasteiger partial charge in [0.1, 0.15) is 0 Å². The minimum atomic E-state index is 0.729. The second-order valence-electron chi connectivity index (χ2n) is 5.57. The van der Waals surface area contributed by atoms with Crippen molar-refractivity contribution in [1.29, 1.82) is 0 Å². The molecule has 0 aliphatic carbocycles. The highest BCUT2D eigenvalue weighted by molar-refractivity contribution is 5.20. The average Bonchev–Trinajstić information content (AvgIpc) is 2.29. The molecule has 1 aliphatic heterocycles. The van der Waals surface area contributed by atoms with Gasteiger partial charge in [-0.3, -0.25) is 0 Å². The highest BCUT2D eigenvalue weighted by atomic mass is 15.1. The Morgan fingerprint density at radius 1 is 1.12 bits per heavy atom. The van der Waals surface area contributed by atoms with Crippen LogP contribution in [0.2, 0.25) is 0 Å². The number of likely N-dealkylation sites (N-methyl/N-ethyl adjacent to an activating group) is 1. The third-order valence-electron chi connectivity index (χ3n) is 3.88. The van der Waals surface area contributed by atoms with Crippen LogP contribution in [0.15, 0.2) is 30.3 Å². The van der Waals surface area contributed by atoms with Crippen LogP contribution in [-0.4, -0.2) is 25.0 Å². The molecular weight excluding hydrogens is 194 g/mol. The number of rotatable bonds is 2. The molecule has 1 heteroatoms. The summed E-state index contributed by atoms with van der Waals surface area (Å²) in [5.41, 5.74) is 1.51. The molecule has 0 spiro atoms. The van der Waals surface area contributed by atoms with Crippen molar-refractivity contribution in [3.8, 4) is 0 Å². The summed E-state index contributed by atoms with van der Waals surface area (Å²) < 4.78 is 0. The summed E-state index contributed by atoms with van der Waals surface area (Å²) >= 11 is 0. The van der Waals surface area contributed by atoms with E-state index in [1.807, 2.05) is 0 Å². The Kier molecular flexibility index (Phi) is 3.65. The number of benzene rings is 1. The fraction of sp³-hybridized carbons (Fsp3) is 0.600. The van der Waals surface area contributed by atoms with Gasteiger partial charge in [0.05, 0.1) is 0 Å². The summed E-state index contributed by atoms with van der Waals surface area (Å²) in [5.74, 6) is 2.38. The largest absolute Gasteiger partial charge is 0.305 e. The van der Waals surface area contributed by atoms with E-state index in [1.54, 1.807) is 0 Å². The summed E-state index contributed by atoms with van der Waals surface area (Å²) in [6.07, 6.45) is 1.35. The number of likely N-dealkylation sites (tertiary alicyclic amines) is 1. The lowest BCUT2D eigenvalue weighted by Gasteiger charge is -2.37. The quantitative estimate of drug-likeness (QED) is 0.734. The van der Waals surface area contributed by atoms with Crippen molar-refractivity contribution in [2.45, 2.75) is 26.2 Å². The summed E-state index contributed by atoms with van der Waals surface area (Å²) in [7, 11) is 2.25. The van der Waals surface area contributed by atoms with Gasteiger partial charge in [-0.05, 0) is 36.8 Å². The van der Waals surface area contributed by atoms with E-state index in [-0.39, 0.29) is 0 Å². The van der Waals surface area contributed by atoms with Gasteiger partial charge >= 0.3 is 0 Å². The molecule has 1 fully saturated rings. The van der Waals surface area contributed by atoms with E-state index in [1.165, 1.54) is 25.1 Å². The van der Waals surface area contributed by atoms with Crippen molar-refractivity contribution in [3.05, 3.63) is 35.9 Å². The van der Waals surface area contributed by atoms with E-state index in [2.05, 4.69) is 56.1 Å². The maximum absolute atomic E-state index is 2.49. The van der Waals surface area contributed by atoms with Crippen LogP contribution in [0, 0.1) is 11.8 Å². The Morgan fingerprint density at radius 3 is 2.44 bits per heavy atom. The first-order valence-electron chi connectivity index (χ1n) is 6.40. The SMILES string of the molecule is CC(C)[C@@H]1CC(c2ccccc2)CN(C)C1. The van der Waals surface area contributed by atoms with Crippen LogP contribution in [0.1, 0.15) is 31.7 Å². The average molecular weight is 217 g/mol. The Morgan fingerprint density at radius 2 is 1.81 bits per heavy atom. The first-order valence-corrected chi connectivity index (χ1v) is 6.40. The van der Waals surface area contributed by atoms with E-state index in [0.29, 0.717) is 0 Å². The van der Waals surface area contributed by atoms with Crippen molar-refractivity contribution in [2.75, 3.05) is 20.1 Å². The van der Waals surface area contributed by atoms with Gasteiger partial charge in [-0.25, -0.2) is 0 Å². The van der Waals surface area contributed by atoms with Crippen LogP contribution >= 0.6 is 0 Å². The Bertz CT molecular complexity index is 317. The summed E-state index contributed by atoms with van der Waals surface area (Å²) in [6, 6.07) is 11.0. The van der Waals surface area contributed by atoms with Gasteiger partial charge < -0.3 is 4.90 Å². The molecule has 1 saturated heterocycles. The monoisotopic (exact) mass is 217 g/mol. The van der Waals surface area contributed by atoms with Gasteiger partial charge in [0.25, 0.3) is 0 Å². The summed E-state index contributed by atoms with van der Waals surface area (Å²) in [6.45, 7) is 7.19. The smallest absolute Gasteiger partial charge is 0.00474 e. The third-order valence-corrected chi connectivity index (χ3v) is 3.88. The molecule has 1 heterocycles. The van der Waals surface area contributed by atoms with E-state index >= 15 is 0 Å². The number of hydrogen-bond acceptors (Lipinski definition) is 1. The van der Waals surface area contributed by atoms with E-state index in [0.717, 1.165) is 17.8 Å². The fourth-order valence-electron chi connectivity index (χ4n) is 2.82. The fourth-order valence-corrected chi connectivity index (χ4v) is 2.82. The molecular formula is C15H23N. The molecule has 88 valence electrons. The van der Waals surface area contributed by atoms with Gasteiger partial charge in [-0.2, -0.15) is 0 Å². The van der Waals surface area contributed by atoms with E-state index in [9.17, 15) is 0 Å². The molecule has 0 bridgehead atoms. The molecule has 0 aromatic heterocycles. The maximum atomic E-state index is 2.49. The molecule has 1 unspecified atom stereocenters. The normalized spacial score (nSPS) is 27.2. The maximum Gasteiger partial charge on any atom is 0.00474 e. The van der Waals surface area contributed by atoms with Crippen LogP contribution in [0.3, 0.4) is 0 Å². The standard InChI is InChI=1S/C15H23N/c1-12(2)14-9-15(11-16(3)10-14)13-7-5-4-6-8-13/h4-8,12,14-15H,9-11H2,1-3H3/t14-,15?/m1/s1. The van der Waals surface area contributed by atoms with Crippen LogP contribution < -0.4 is 0 Å². The highest BCUT2D eigenvalue weighted by Crippen LogP contribution is 2.32. The van der Waals surface area contributed by atoms with Gasteiger partial charge in [0.2, 0.25) is 0 Å². The van der Waals surface area contributed by atoms with E-state index < -0.39 is 0 Å². The van der Waals surface area contributed by atoms with Crippen molar-refractivity contribution in [2.24, 2.45) is 11.8 Å². The van der Waals surface area contributed by atoms with Crippen LogP contribution in [-0.2, 0) is 0 Å². The molecule has 0 saturated carbocycles. The first-order chi connectivity index (χ1) is 7.66. The zero-order chi connectivity index (χ0) is 11.5. The lowest BCUT2D eigenvalue weighted by atomic mass is 9.80. The van der Waals surface area contributed by atoms with Crippen molar-refractivity contribution >= 4 is 0 Å². The molecule has 1 aromatic carbocycles. The van der Waals surface area contributed by atoms with Gasteiger partial charge in [-0.15, -0.1) is 0 Å². The zero-order valence-corrected chi connectivity index (χ0v) is 10.7. The van der Waals surface area contributed by atoms with Crippen LogP contribution in [0.5, 0.6) is 0 Å². The second kappa shape index (κ2) is 5.01.